The van der Waals surface area contributed by atoms with Gasteiger partial charge in [0.1, 0.15) is 12.1 Å². The van der Waals surface area contributed by atoms with Gasteiger partial charge in [0.2, 0.25) is 5.88 Å². The van der Waals surface area contributed by atoms with Crippen LogP contribution in [0.5, 0.6) is 5.88 Å². The predicted octanol–water partition coefficient (Wildman–Crippen LogP) is 0.998. The zero-order valence-electron chi connectivity index (χ0n) is 12.6. The van der Waals surface area contributed by atoms with Crippen molar-refractivity contribution in [1.29, 1.82) is 0 Å². The molecule has 0 amide bonds. The standard InChI is InChI=1S/C14H24N4O2/c1-4-15-8-12-9-19-7-6-18(12)13-11(3)14(20-5-2)17-10-16-13/h10,12,15H,4-9H2,1-3H3. The van der Waals surface area contributed by atoms with Gasteiger partial charge in [0, 0.05) is 13.1 Å². The lowest BCUT2D eigenvalue weighted by molar-refractivity contribution is 0.0934. The molecule has 6 nitrogen and oxygen atoms in total. The van der Waals surface area contributed by atoms with Crippen LogP contribution in [0, 0.1) is 6.92 Å². The second kappa shape index (κ2) is 7.40. The number of morpholine rings is 1. The Morgan fingerprint density at radius 1 is 1.45 bits per heavy atom. The zero-order valence-corrected chi connectivity index (χ0v) is 12.6. The van der Waals surface area contributed by atoms with Crippen LogP contribution in [0.15, 0.2) is 6.33 Å². The first-order valence-corrected chi connectivity index (χ1v) is 7.27. The number of aromatic nitrogens is 2. The van der Waals surface area contributed by atoms with E-state index in [9.17, 15) is 0 Å². The molecular formula is C14H24N4O2. The van der Waals surface area contributed by atoms with Gasteiger partial charge in [-0.05, 0) is 20.4 Å². The summed E-state index contributed by atoms with van der Waals surface area (Å²) in [5, 5.41) is 3.38. The van der Waals surface area contributed by atoms with Gasteiger partial charge in [-0.15, -0.1) is 0 Å². The molecule has 0 aliphatic carbocycles. The van der Waals surface area contributed by atoms with Crippen molar-refractivity contribution in [2.75, 3.05) is 44.4 Å². The molecule has 0 aromatic carbocycles. The summed E-state index contributed by atoms with van der Waals surface area (Å²) in [4.78, 5) is 11.0. The number of hydrogen-bond donors (Lipinski definition) is 1. The molecular weight excluding hydrogens is 256 g/mol. The van der Waals surface area contributed by atoms with Crippen molar-refractivity contribution in [1.82, 2.24) is 15.3 Å². The van der Waals surface area contributed by atoms with Crippen LogP contribution in [0.1, 0.15) is 19.4 Å². The molecule has 1 unspecified atom stereocenters. The van der Waals surface area contributed by atoms with Crippen LogP contribution in [0.4, 0.5) is 5.82 Å². The van der Waals surface area contributed by atoms with E-state index in [0.717, 1.165) is 44.2 Å². The number of likely N-dealkylation sites (N-methyl/N-ethyl adjacent to an activating group) is 1. The second-order valence-electron chi connectivity index (χ2n) is 4.79. The molecule has 112 valence electrons. The van der Waals surface area contributed by atoms with Gasteiger partial charge in [-0.2, -0.15) is 0 Å². The van der Waals surface area contributed by atoms with Crippen LogP contribution < -0.4 is 15.0 Å². The van der Waals surface area contributed by atoms with E-state index in [2.05, 4.69) is 27.1 Å². The highest BCUT2D eigenvalue weighted by atomic mass is 16.5. The number of nitrogens with zero attached hydrogens (tertiary/aromatic N) is 3. The Hall–Kier alpha value is -1.40. The van der Waals surface area contributed by atoms with Crippen LogP contribution in [-0.2, 0) is 4.74 Å². The van der Waals surface area contributed by atoms with Gasteiger partial charge in [-0.25, -0.2) is 9.97 Å². The highest BCUT2D eigenvalue weighted by molar-refractivity contribution is 5.51. The molecule has 1 N–H and O–H groups in total. The first kappa shape index (κ1) is 15.0. The zero-order chi connectivity index (χ0) is 14.4. The minimum Gasteiger partial charge on any atom is -0.478 e. The Balaban J connectivity index is 2.20. The van der Waals surface area contributed by atoms with E-state index in [1.54, 1.807) is 6.33 Å². The van der Waals surface area contributed by atoms with Crippen molar-refractivity contribution < 1.29 is 9.47 Å². The molecule has 0 bridgehead atoms. The summed E-state index contributed by atoms with van der Waals surface area (Å²) < 4.78 is 11.2. The quantitative estimate of drug-likeness (QED) is 0.839. The molecule has 1 aromatic heterocycles. The summed E-state index contributed by atoms with van der Waals surface area (Å²) in [5.74, 6) is 1.63. The Kier molecular flexibility index (Phi) is 5.55. The lowest BCUT2D eigenvalue weighted by atomic mass is 10.2. The molecule has 0 saturated carbocycles. The summed E-state index contributed by atoms with van der Waals surface area (Å²) in [6.45, 7) is 10.8. The Morgan fingerprint density at radius 2 is 2.30 bits per heavy atom. The second-order valence-corrected chi connectivity index (χ2v) is 4.79. The summed E-state index contributed by atoms with van der Waals surface area (Å²) in [6.07, 6.45) is 1.58. The number of nitrogens with one attached hydrogen (secondary N) is 1. The minimum absolute atomic E-state index is 0.298. The van der Waals surface area contributed by atoms with Gasteiger partial charge in [-0.3, -0.25) is 0 Å². The molecule has 2 heterocycles. The summed E-state index contributed by atoms with van der Waals surface area (Å²) in [5.41, 5.74) is 0.998. The van der Waals surface area contributed by atoms with E-state index in [1.165, 1.54) is 0 Å². The highest BCUT2D eigenvalue weighted by Gasteiger charge is 2.26. The maximum Gasteiger partial charge on any atom is 0.221 e. The molecule has 6 heteroatoms. The molecule has 1 saturated heterocycles. The largest absolute Gasteiger partial charge is 0.478 e. The van der Waals surface area contributed by atoms with Crippen LogP contribution >= 0.6 is 0 Å². The third-order valence-electron chi connectivity index (χ3n) is 3.42. The van der Waals surface area contributed by atoms with Gasteiger partial charge in [0.05, 0.1) is 31.4 Å². The molecule has 1 fully saturated rings. The van der Waals surface area contributed by atoms with Crippen molar-refractivity contribution in [3.05, 3.63) is 11.9 Å². The Labute approximate surface area is 120 Å². The van der Waals surface area contributed by atoms with Crippen molar-refractivity contribution in [3.8, 4) is 5.88 Å². The normalized spacial score (nSPS) is 19.1. The van der Waals surface area contributed by atoms with E-state index < -0.39 is 0 Å². The minimum atomic E-state index is 0.298. The molecule has 0 radical (unpaired) electrons. The fourth-order valence-corrected chi connectivity index (χ4v) is 2.41. The first-order valence-electron chi connectivity index (χ1n) is 7.27. The topological polar surface area (TPSA) is 59.5 Å². The Morgan fingerprint density at radius 3 is 3.05 bits per heavy atom. The van der Waals surface area contributed by atoms with E-state index in [1.807, 2.05) is 13.8 Å². The molecule has 1 aliphatic heterocycles. The van der Waals surface area contributed by atoms with Crippen LogP contribution in [-0.4, -0.2) is 55.5 Å². The molecule has 1 atom stereocenters. The van der Waals surface area contributed by atoms with E-state index in [0.29, 0.717) is 18.5 Å². The molecule has 1 aliphatic rings. The average Bonchev–Trinajstić information content (AvgIpc) is 2.48. The molecule has 0 spiro atoms. The highest BCUT2D eigenvalue weighted by Crippen LogP contribution is 2.26. The van der Waals surface area contributed by atoms with Crippen molar-refractivity contribution in [3.63, 3.8) is 0 Å². The van der Waals surface area contributed by atoms with Crippen molar-refractivity contribution in [2.24, 2.45) is 0 Å². The molecule has 20 heavy (non-hydrogen) atoms. The lowest BCUT2D eigenvalue weighted by Crippen LogP contribution is -2.51. The summed E-state index contributed by atoms with van der Waals surface area (Å²) in [7, 11) is 0. The summed E-state index contributed by atoms with van der Waals surface area (Å²) >= 11 is 0. The fourth-order valence-electron chi connectivity index (χ4n) is 2.41. The van der Waals surface area contributed by atoms with Gasteiger partial charge >= 0.3 is 0 Å². The predicted molar refractivity (Wildman–Crippen MR) is 78.4 cm³/mol. The van der Waals surface area contributed by atoms with E-state index in [4.69, 9.17) is 9.47 Å². The fraction of sp³-hybridized carbons (Fsp3) is 0.714. The number of rotatable bonds is 6. The molecule has 2 rings (SSSR count). The van der Waals surface area contributed by atoms with Crippen molar-refractivity contribution in [2.45, 2.75) is 26.8 Å². The van der Waals surface area contributed by atoms with Gasteiger partial charge in [-0.1, -0.05) is 6.92 Å². The number of anilines is 1. The van der Waals surface area contributed by atoms with E-state index >= 15 is 0 Å². The number of ether oxygens (including phenoxy) is 2. The van der Waals surface area contributed by atoms with Crippen LogP contribution in [0.2, 0.25) is 0 Å². The van der Waals surface area contributed by atoms with Gasteiger partial charge in [0.25, 0.3) is 0 Å². The lowest BCUT2D eigenvalue weighted by Gasteiger charge is -2.37. The Bertz CT molecular complexity index is 428. The molecule has 1 aromatic rings. The van der Waals surface area contributed by atoms with E-state index in [-0.39, 0.29) is 0 Å². The average molecular weight is 280 g/mol. The van der Waals surface area contributed by atoms with Crippen LogP contribution in [0.25, 0.3) is 0 Å². The summed E-state index contributed by atoms with van der Waals surface area (Å²) in [6, 6.07) is 0.298. The smallest absolute Gasteiger partial charge is 0.221 e. The third kappa shape index (κ3) is 3.37. The third-order valence-corrected chi connectivity index (χ3v) is 3.42. The maximum absolute atomic E-state index is 5.59. The van der Waals surface area contributed by atoms with Gasteiger partial charge < -0.3 is 19.7 Å². The van der Waals surface area contributed by atoms with Crippen LogP contribution in [0.3, 0.4) is 0 Å². The SMILES string of the molecule is CCNCC1COCCN1c1ncnc(OCC)c1C. The monoisotopic (exact) mass is 280 g/mol. The first-order chi connectivity index (χ1) is 9.77. The van der Waals surface area contributed by atoms with Crippen molar-refractivity contribution >= 4 is 5.82 Å². The maximum atomic E-state index is 5.59. The number of hydrogen-bond acceptors (Lipinski definition) is 6. The van der Waals surface area contributed by atoms with Gasteiger partial charge in [0.15, 0.2) is 0 Å².